The Morgan fingerprint density at radius 1 is 1.26 bits per heavy atom. The van der Waals surface area contributed by atoms with E-state index in [9.17, 15) is 4.79 Å². The lowest BCUT2D eigenvalue weighted by Gasteiger charge is -1.96. The molecular weight excluding hydrogens is 260 g/mol. The molecule has 96 valence electrons. The van der Waals surface area contributed by atoms with Crippen LogP contribution in [0.15, 0.2) is 34.7 Å². The first-order valence-electron chi connectivity index (χ1n) is 5.87. The minimum absolute atomic E-state index is 0.273. The Morgan fingerprint density at radius 3 is 2.79 bits per heavy atom. The molecule has 0 unspecified atom stereocenters. The topological polar surface area (TPSA) is 55.1 Å². The van der Waals surface area contributed by atoms with Crippen LogP contribution in [0, 0.1) is 13.8 Å². The van der Waals surface area contributed by atoms with Gasteiger partial charge in [-0.25, -0.2) is 4.98 Å². The van der Waals surface area contributed by atoms with Crippen molar-refractivity contribution in [1.29, 1.82) is 0 Å². The fraction of sp³-hybridized carbons (Fsp3) is 0.143. The average molecular weight is 272 g/mol. The second-order valence-electron chi connectivity index (χ2n) is 4.31. The fourth-order valence-corrected chi connectivity index (χ4v) is 2.79. The molecule has 0 aliphatic rings. The van der Waals surface area contributed by atoms with Crippen LogP contribution in [0.5, 0.6) is 0 Å². The van der Waals surface area contributed by atoms with Crippen LogP contribution in [0.2, 0.25) is 0 Å². The maximum atomic E-state index is 12.0. The molecule has 0 aliphatic carbocycles. The van der Waals surface area contributed by atoms with Crippen molar-refractivity contribution >= 4 is 32.6 Å². The molecule has 0 saturated carbocycles. The second-order valence-corrected chi connectivity index (χ2v) is 5.34. The number of hydrogen-bond acceptors (Lipinski definition) is 4. The molecule has 0 radical (unpaired) electrons. The monoisotopic (exact) mass is 272 g/mol. The average Bonchev–Trinajstić information content (AvgIpc) is 2.96. The summed E-state index contributed by atoms with van der Waals surface area (Å²) in [7, 11) is 0. The third kappa shape index (κ3) is 2.24. The van der Waals surface area contributed by atoms with Gasteiger partial charge in [-0.3, -0.25) is 10.1 Å². The Labute approximate surface area is 114 Å². The second kappa shape index (κ2) is 4.51. The van der Waals surface area contributed by atoms with Crippen molar-refractivity contribution in [2.24, 2.45) is 0 Å². The highest BCUT2D eigenvalue weighted by Crippen LogP contribution is 2.28. The molecule has 1 amide bonds. The number of amides is 1. The molecule has 0 spiro atoms. The van der Waals surface area contributed by atoms with Crippen LogP contribution in [0.4, 0.5) is 5.13 Å². The molecule has 2 heterocycles. The van der Waals surface area contributed by atoms with Crippen molar-refractivity contribution in [3.63, 3.8) is 0 Å². The number of furan rings is 1. The third-order valence-electron chi connectivity index (χ3n) is 2.81. The molecule has 0 bridgehead atoms. The van der Waals surface area contributed by atoms with E-state index in [4.69, 9.17) is 4.42 Å². The summed E-state index contributed by atoms with van der Waals surface area (Å²) in [6.45, 7) is 3.81. The minimum atomic E-state index is -0.273. The van der Waals surface area contributed by atoms with Crippen LogP contribution in [-0.2, 0) is 0 Å². The first-order valence-corrected chi connectivity index (χ1v) is 6.69. The number of benzene rings is 1. The van der Waals surface area contributed by atoms with Gasteiger partial charge in [0.25, 0.3) is 5.91 Å². The zero-order chi connectivity index (χ0) is 13.4. The molecule has 3 rings (SSSR count). The third-order valence-corrected chi connectivity index (χ3v) is 3.74. The number of rotatable bonds is 2. The summed E-state index contributed by atoms with van der Waals surface area (Å²) >= 11 is 1.46. The summed E-state index contributed by atoms with van der Waals surface area (Å²) in [5.41, 5.74) is 2.03. The number of fused-ring (bicyclic) bond motifs is 1. The van der Waals surface area contributed by atoms with Gasteiger partial charge in [-0.1, -0.05) is 23.5 Å². The number of thiazole rings is 1. The minimum Gasteiger partial charge on any atom is -0.456 e. The highest BCUT2D eigenvalue weighted by atomic mass is 32.1. The molecule has 19 heavy (non-hydrogen) atoms. The number of para-hydroxylation sites is 1. The predicted molar refractivity (Wildman–Crippen MR) is 75.8 cm³/mol. The molecular formula is C14H12N2O2S. The van der Waals surface area contributed by atoms with Crippen molar-refractivity contribution in [1.82, 2.24) is 4.98 Å². The smallest absolute Gasteiger partial charge is 0.293 e. The van der Waals surface area contributed by atoms with E-state index in [-0.39, 0.29) is 5.91 Å². The summed E-state index contributed by atoms with van der Waals surface area (Å²) in [6.07, 6.45) is 0. The Morgan fingerprint density at radius 2 is 2.11 bits per heavy atom. The van der Waals surface area contributed by atoms with Gasteiger partial charge >= 0.3 is 0 Å². The van der Waals surface area contributed by atoms with E-state index < -0.39 is 0 Å². The van der Waals surface area contributed by atoms with Crippen LogP contribution in [0.1, 0.15) is 21.9 Å². The lowest BCUT2D eigenvalue weighted by molar-refractivity contribution is 0.0995. The molecule has 0 aliphatic heterocycles. The Balaban J connectivity index is 1.89. The number of aryl methyl sites for hydroxylation is 2. The Kier molecular flexibility index (Phi) is 2.83. The number of anilines is 1. The van der Waals surface area contributed by atoms with Gasteiger partial charge in [-0.05, 0) is 37.6 Å². The SMILES string of the molecule is Cc1ccc(C(=O)Nc2nc3c(C)cccc3s2)o1. The first kappa shape index (κ1) is 11.9. The van der Waals surface area contributed by atoms with E-state index >= 15 is 0 Å². The predicted octanol–water partition coefficient (Wildman–Crippen LogP) is 3.76. The van der Waals surface area contributed by atoms with Gasteiger partial charge in [-0.15, -0.1) is 0 Å². The fourth-order valence-electron chi connectivity index (χ4n) is 1.85. The van der Waals surface area contributed by atoms with Crippen LogP contribution < -0.4 is 5.32 Å². The number of nitrogens with zero attached hydrogens (tertiary/aromatic N) is 1. The van der Waals surface area contributed by atoms with Crippen molar-refractivity contribution < 1.29 is 9.21 Å². The van der Waals surface area contributed by atoms with Crippen LogP contribution >= 0.6 is 11.3 Å². The normalized spacial score (nSPS) is 10.8. The molecule has 5 heteroatoms. The first-order chi connectivity index (χ1) is 9.13. The molecule has 0 saturated heterocycles. The number of carbonyl (C=O) groups is 1. The number of aromatic nitrogens is 1. The van der Waals surface area contributed by atoms with E-state index in [2.05, 4.69) is 10.3 Å². The molecule has 4 nitrogen and oxygen atoms in total. The Hall–Kier alpha value is -2.14. The van der Waals surface area contributed by atoms with Crippen LogP contribution in [0.25, 0.3) is 10.2 Å². The van der Waals surface area contributed by atoms with Crippen LogP contribution in [-0.4, -0.2) is 10.9 Å². The van der Waals surface area contributed by atoms with Crippen molar-refractivity contribution in [2.45, 2.75) is 13.8 Å². The number of nitrogens with one attached hydrogen (secondary N) is 1. The van der Waals surface area contributed by atoms with Gasteiger partial charge in [0.05, 0.1) is 10.2 Å². The van der Waals surface area contributed by atoms with E-state index in [1.165, 1.54) is 11.3 Å². The molecule has 2 aromatic heterocycles. The van der Waals surface area contributed by atoms with Gasteiger partial charge in [0.15, 0.2) is 10.9 Å². The summed E-state index contributed by atoms with van der Waals surface area (Å²) in [5.74, 6) is 0.739. The lowest BCUT2D eigenvalue weighted by atomic mass is 10.2. The van der Waals surface area contributed by atoms with Gasteiger partial charge in [-0.2, -0.15) is 0 Å². The number of hydrogen-bond donors (Lipinski definition) is 1. The maximum absolute atomic E-state index is 12.0. The molecule has 1 aromatic carbocycles. The number of carbonyl (C=O) groups excluding carboxylic acids is 1. The van der Waals surface area contributed by atoms with Gasteiger partial charge in [0, 0.05) is 0 Å². The molecule has 0 atom stereocenters. The lowest BCUT2D eigenvalue weighted by Crippen LogP contribution is -2.10. The molecule has 1 N–H and O–H groups in total. The van der Waals surface area contributed by atoms with Crippen molar-refractivity contribution in [2.75, 3.05) is 5.32 Å². The van der Waals surface area contributed by atoms with Crippen molar-refractivity contribution in [3.8, 4) is 0 Å². The van der Waals surface area contributed by atoms with E-state index in [0.29, 0.717) is 16.7 Å². The largest absolute Gasteiger partial charge is 0.456 e. The Bertz CT molecular complexity index is 758. The summed E-state index contributed by atoms with van der Waals surface area (Å²) < 4.78 is 6.34. The van der Waals surface area contributed by atoms with E-state index in [1.807, 2.05) is 25.1 Å². The zero-order valence-electron chi connectivity index (χ0n) is 10.6. The van der Waals surface area contributed by atoms with Gasteiger partial charge in [0.2, 0.25) is 0 Å². The van der Waals surface area contributed by atoms with Crippen molar-refractivity contribution in [3.05, 3.63) is 47.4 Å². The van der Waals surface area contributed by atoms with Gasteiger partial charge < -0.3 is 4.42 Å². The molecule has 3 aromatic rings. The maximum Gasteiger partial charge on any atom is 0.293 e. The van der Waals surface area contributed by atoms with Crippen LogP contribution in [0.3, 0.4) is 0 Å². The molecule has 0 fully saturated rings. The summed E-state index contributed by atoms with van der Waals surface area (Å²) in [6, 6.07) is 9.40. The summed E-state index contributed by atoms with van der Waals surface area (Å²) in [4.78, 5) is 16.4. The van der Waals surface area contributed by atoms with E-state index in [0.717, 1.165) is 15.8 Å². The highest BCUT2D eigenvalue weighted by Gasteiger charge is 2.13. The van der Waals surface area contributed by atoms with E-state index in [1.54, 1.807) is 19.1 Å². The quantitative estimate of drug-likeness (QED) is 0.772. The highest BCUT2D eigenvalue weighted by molar-refractivity contribution is 7.22. The van der Waals surface area contributed by atoms with Gasteiger partial charge in [0.1, 0.15) is 5.76 Å². The standard InChI is InChI=1S/C14H12N2O2S/c1-8-4-3-5-11-12(8)15-14(19-11)16-13(17)10-7-6-9(2)18-10/h3-7H,1-2H3,(H,15,16,17). The zero-order valence-corrected chi connectivity index (χ0v) is 11.4. The summed E-state index contributed by atoms with van der Waals surface area (Å²) in [5, 5.41) is 3.35.